The number of carbonyl (C=O) groups is 2. The van der Waals surface area contributed by atoms with Crippen molar-refractivity contribution < 1.29 is 19.1 Å². The second kappa shape index (κ2) is 13.2. The van der Waals surface area contributed by atoms with Crippen molar-refractivity contribution in [1.82, 2.24) is 34.0 Å². The molecule has 234 valence electrons. The summed E-state index contributed by atoms with van der Waals surface area (Å²) in [5.74, 6) is 0.757. The molecular formula is C31H33ClN8O5. The molecule has 0 spiro atoms. The monoisotopic (exact) mass is 632 g/mol. The van der Waals surface area contributed by atoms with Gasteiger partial charge in [0.05, 0.1) is 31.1 Å². The van der Waals surface area contributed by atoms with Gasteiger partial charge in [0.1, 0.15) is 18.6 Å². The second-order valence-corrected chi connectivity index (χ2v) is 11.2. The number of hydrogen-bond acceptors (Lipinski definition) is 10. The molecule has 4 aromatic rings. The predicted molar refractivity (Wildman–Crippen MR) is 167 cm³/mol. The Bertz CT molecular complexity index is 1830. The number of rotatable bonds is 9. The second-order valence-electron chi connectivity index (χ2n) is 10.8. The number of ether oxygens (including phenoxy) is 2. The molecule has 0 aliphatic carbocycles. The normalized spacial score (nSPS) is 15.3. The molecule has 1 fully saturated rings. The van der Waals surface area contributed by atoms with Gasteiger partial charge in [0, 0.05) is 26.2 Å². The molecule has 5 heterocycles. The van der Waals surface area contributed by atoms with E-state index in [4.69, 9.17) is 21.1 Å². The minimum absolute atomic E-state index is 0.168. The van der Waals surface area contributed by atoms with E-state index >= 15 is 0 Å². The maximum absolute atomic E-state index is 14.0. The molecule has 6 rings (SSSR count). The Balaban J connectivity index is 1.27. The van der Waals surface area contributed by atoms with Gasteiger partial charge in [-0.3, -0.25) is 14.4 Å². The minimum Gasteiger partial charge on any atom is -0.485 e. The van der Waals surface area contributed by atoms with Gasteiger partial charge >= 0.3 is 0 Å². The van der Waals surface area contributed by atoms with Crippen LogP contribution in [0.2, 0.25) is 0 Å². The fraction of sp³-hybridized carbons (Fsp3) is 0.387. The van der Waals surface area contributed by atoms with Crippen LogP contribution in [0.15, 0.2) is 47.5 Å². The number of amides is 1. The minimum atomic E-state index is -0.586. The van der Waals surface area contributed by atoms with E-state index in [1.807, 2.05) is 48.2 Å². The Hall–Kier alpha value is -4.62. The fourth-order valence-electron chi connectivity index (χ4n) is 5.72. The summed E-state index contributed by atoms with van der Waals surface area (Å²) in [6.45, 7) is 6.21. The van der Waals surface area contributed by atoms with Crippen LogP contribution < -0.4 is 15.2 Å². The van der Waals surface area contributed by atoms with Gasteiger partial charge in [-0.25, -0.2) is 9.97 Å². The first-order valence-corrected chi connectivity index (χ1v) is 15.2. The number of fused-ring (bicyclic) bond motifs is 1. The van der Waals surface area contributed by atoms with E-state index in [0.717, 1.165) is 11.1 Å². The third kappa shape index (κ3) is 6.18. The van der Waals surface area contributed by atoms with E-state index in [-0.39, 0.29) is 36.1 Å². The molecule has 0 bridgehead atoms. The van der Waals surface area contributed by atoms with Crippen molar-refractivity contribution in [2.45, 2.75) is 39.8 Å². The SMILES string of the molecule is CCc1c(N2CCN(C(=O)c3ncnc(C)c3OCc3ccccc3)CC2)c(=O)n2nc(C3=CCOCC3)nc2n1CC(=O)Cl. The summed E-state index contributed by atoms with van der Waals surface area (Å²) in [5, 5.41) is 3.96. The lowest BCUT2D eigenvalue weighted by atomic mass is 10.1. The number of aryl methyl sites for hydroxylation is 1. The molecule has 1 amide bonds. The van der Waals surface area contributed by atoms with E-state index in [1.165, 1.54) is 10.8 Å². The van der Waals surface area contributed by atoms with Crippen molar-refractivity contribution in [1.29, 1.82) is 0 Å². The van der Waals surface area contributed by atoms with Gasteiger partial charge in [-0.2, -0.15) is 9.50 Å². The Morgan fingerprint density at radius 2 is 1.87 bits per heavy atom. The first kappa shape index (κ1) is 30.4. The molecule has 2 aliphatic rings. The van der Waals surface area contributed by atoms with Gasteiger partial charge < -0.3 is 23.8 Å². The van der Waals surface area contributed by atoms with Crippen LogP contribution >= 0.6 is 11.6 Å². The van der Waals surface area contributed by atoms with Gasteiger partial charge in [0.25, 0.3) is 11.5 Å². The van der Waals surface area contributed by atoms with E-state index in [9.17, 15) is 14.4 Å². The molecule has 1 aromatic carbocycles. The van der Waals surface area contributed by atoms with Crippen molar-refractivity contribution in [3.63, 3.8) is 0 Å². The summed E-state index contributed by atoms with van der Waals surface area (Å²) in [7, 11) is 0. The largest absolute Gasteiger partial charge is 0.485 e. The molecule has 0 saturated carbocycles. The molecule has 13 nitrogen and oxygen atoms in total. The molecular weight excluding hydrogens is 600 g/mol. The first-order chi connectivity index (χ1) is 21.9. The topological polar surface area (TPSA) is 137 Å². The highest BCUT2D eigenvalue weighted by Gasteiger charge is 2.31. The van der Waals surface area contributed by atoms with Crippen molar-refractivity contribution in [2.75, 3.05) is 44.3 Å². The van der Waals surface area contributed by atoms with E-state index in [0.29, 0.717) is 80.9 Å². The van der Waals surface area contributed by atoms with Crippen LogP contribution in [-0.4, -0.2) is 84.6 Å². The summed E-state index contributed by atoms with van der Waals surface area (Å²) in [6.07, 6.45) is 4.33. The number of anilines is 1. The fourth-order valence-corrected chi connectivity index (χ4v) is 5.84. The number of halogens is 1. The highest BCUT2D eigenvalue weighted by Crippen LogP contribution is 2.26. The number of nitrogens with zero attached hydrogens (tertiary/aromatic N) is 8. The quantitative estimate of drug-likeness (QED) is 0.253. The molecule has 3 aromatic heterocycles. The highest BCUT2D eigenvalue weighted by atomic mass is 35.5. The Kier molecular flexibility index (Phi) is 8.90. The van der Waals surface area contributed by atoms with Gasteiger partial charge in [-0.05, 0) is 42.5 Å². The van der Waals surface area contributed by atoms with Crippen LogP contribution in [0.3, 0.4) is 0 Å². The molecule has 0 atom stereocenters. The molecule has 0 N–H and O–H groups in total. The summed E-state index contributed by atoms with van der Waals surface area (Å²) >= 11 is 5.87. The van der Waals surface area contributed by atoms with Gasteiger partial charge in [-0.1, -0.05) is 43.3 Å². The summed E-state index contributed by atoms with van der Waals surface area (Å²) < 4.78 is 14.4. The zero-order valence-corrected chi connectivity index (χ0v) is 25.9. The third-order valence-electron chi connectivity index (χ3n) is 7.99. The number of hydrogen-bond donors (Lipinski definition) is 0. The van der Waals surface area contributed by atoms with Crippen LogP contribution in [0.1, 0.15) is 46.6 Å². The number of carbonyl (C=O) groups excluding carboxylic acids is 2. The summed E-state index contributed by atoms with van der Waals surface area (Å²) in [4.78, 5) is 56.6. The molecule has 1 saturated heterocycles. The van der Waals surface area contributed by atoms with Gasteiger partial charge in [-0.15, -0.1) is 5.10 Å². The zero-order chi connectivity index (χ0) is 31.5. The molecule has 0 unspecified atom stereocenters. The lowest BCUT2D eigenvalue weighted by Gasteiger charge is -2.36. The lowest BCUT2D eigenvalue weighted by Crippen LogP contribution is -2.51. The summed E-state index contributed by atoms with van der Waals surface area (Å²) in [6, 6.07) is 9.67. The van der Waals surface area contributed by atoms with E-state index in [1.54, 1.807) is 16.4 Å². The molecule has 45 heavy (non-hydrogen) atoms. The Morgan fingerprint density at radius 1 is 1.09 bits per heavy atom. The smallest absolute Gasteiger partial charge is 0.299 e. The zero-order valence-electron chi connectivity index (χ0n) is 25.1. The Labute approximate surface area is 264 Å². The van der Waals surface area contributed by atoms with E-state index in [2.05, 4.69) is 20.1 Å². The maximum atomic E-state index is 14.0. The standard InChI is InChI=1S/C31H33ClN8O5/c1-3-23-26(30(43)40-31(39(23)17-24(32)41)35-28(36-40)22-9-15-44-16-10-22)37-11-13-38(14-12-37)29(42)25-27(20(2)33-19-34-25)45-18-21-7-5-4-6-8-21/h4-9,19H,3,10-18H2,1-2H3. The number of benzene rings is 1. The van der Waals surface area contributed by atoms with E-state index < -0.39 is 5.24 Å². The Morgan fingerprint density at radius 3 is 2.56 bits per heavy atom. The van der Waals surface area contributed by atoms with Crippen molar-refractivity contribution in [3.8, 4) is 5.75 Å². The highest BCUT2D eigenvalue weighted by molar-refractivity contribution is 6.63. The predicted octanol–water partition coefficient (Wildman–Crippen LogP) is 2.66. The average Bonchev–Trinajstić information content (AvgIpc) is 3.52. The number of piperazine rings is 1. The van der Waals surface area contributed by atoms with Crippen LogP contribution in [0.25, 0.3) is 11.4 Å². The average molecular weight is 633 g/mol. The first-order valence-electron chi connectivity index (χ1n) is 14.9. The molecule has 0 radical (unpaired) electrons. The van der Waals surface area contributed by atoms with Gasteiger partial charge in [0.2, 0.25) is 11.0 Å². The van der Waals surface area contributed by atoms with Crippen LogP contribution in [-0.2, 0) is 29.1 Å². The summed E-state index contributed by atoms with van der Waals surface area (Å²) in [5.41, 5.74) is 3.31. The maximum Gasteiger partial charge on any atom is 0.299 e. The van der Waals surface area contributed by atoms with Crippen molar-refractivity contribution in [3.05, 3.63) is 81.6 Å². The van der Waals surface area contributed by atoms with Crippen molar-refractivity contribution in [2.24, 2.45) is 0 Å². The van der Waals surface area contributed by atoms with Crippen LogP contribution in [0.5, 0.6) is 5.75 Å². The molecule has 14 heteroatoms. The lowest BCUT2D eigenvalue weighted by molar-refractivity contribution is -0.112. The van der Waals surface area contributed by atoms with Crippen LogP contribution in [0, 0.1) is 6.92 Å². The third-order valence-corrected chi connectivity index (χ3v) is 8.11. The van der Waals surface area contributed by atoms with Gasteiger partial charge in [0.15, 0.2) is 17.3 Å². The number of aromatic nitrogens is 6. The molecule has 2 aliphatic heterocycles. The van der Waals surface area contributed by atoms with Crippen molar-refractivity contribution >= 4 is 39.8 Å². The van der Waals surface area contributed by atoms with Crippen LogP contribution in [0.4, 0.5) is 5.69 Å².